The van der Waals surface area contributed by atoms with E-state index in [9.17, 15) is 19.0 Å². The van der Waals surface area contributed by atoms with Crippen LogP contribution in [0.4, 0.5) is 8.78 Å². The van der Waals surface area contributed by atoms with Gasteiger partial charge in [-0.2, -0.15) is 0 Å². The average Bonchev–Trinajstić information content (AvgIpc) is 2.58. The first-order valence-electron chi connectivity index (χ1n) is 8.86. The number of aliphatic hydroxyl groups excluding tert-OH is 2. The monoisotopic (exact) mass is 362 g/mol. The lowest BCUT2D eigenvalue weighted by Gasteiger charge is -2.22. The van der Waals surface area contributed by atoms with E-state index in [1.165, 1.54) is 12.1 Å². The van der Waals surface area contributed by atoms with E-state index in [1.54, 1.807) is 24.3 Å². The molecule has 0 aliphatic heterocycles. The Kier molecular flexibility index (Phi) is 6.20. The van der Waals surface area contributed by atoms with Gasteiger partial charge in [-0.1, -0.05) is 52.0 Å². The van der Waals surface area contributed by atoms with Crippen LogP contribution < -0.4 is 0 Å². The topological polar surface area (TPSA) is 40.5 Å². The minimum atomic E-state index is -0.393. The Morgan fingerprint density at radius 1 is 0.692 bits per heavy atom. The van der Waals surface area contributed by atoms with Crippen LogP contribution in [0.3, 0.4) is 0 Å². The van der Waals surface area contributed by atoms with Gasteiger partial charge in [-0.05, 0) is 58.1 Å². The SMILES string of the molecule is CC(C)(CO)Cc1ccc(-c2ccc(CC(C)(C)CO)c(F)c2)cc1F. The Hall–Kier alpha value is -1.78. The van der Waals surface area contributed by atoms with Gasteiger partial charge in [0.2, 0.25) is 0 Å². The molecule has 0 unspecified atom stereocenters. The van der Waals surface area contributed by atoms with E-state index in [0.717, 1.165) is 0 Å². The highest BCUT2D eigenvalue weighted by molar-refractivity contribution is 5.64. The summed E-state index contributed by atoms with van der Waals surface area (Å²) >= 11 is 0. The number of hydrogen-bond acceptors (Lipinski definition) is 2. The van der Waals surface area contributed by atoms with Crippen molar-refractivity contribution in [2.75, 3.05) is 13.2 Å². The van der Waals surface area contributed by atoms with Crippen molar-refractivity contribution in [1.82, 2.24) is 0 Å². The van der Waals surface area contributed by atoms with E-state index in [2.05, 4.69) is 0 Å². The third-order valence-electron chi connectivity index (χ3n) is 4.63. The van der Waals surface area contributed by atoms with E-state index >= 15 is 0 Å². The van der Waals surface area contributed by atoms with Crippen LogP contribution >= 0.6 is 0 Å². The van der Waals surface area contributed by atoms with Crippen LogP contribution in [0, 0.1) is 22.5 Å². The molecule has 2 aromatic carbocycles. The summed E-state index contributed by atoms with van der Waals surface area (Å²) in [6.07, 6.45) is 0.859. The number of rotatable bonds is 7. The number of aliphatic hydroxyl groups is 2. The largest absolute Gasteiger partial charge is 0.396 e. The predicted octanol–water partition coefficient (Wildman–Crippen LogP) is 4.75. The molecule has 0 fully saturated rings. The molecule has 4 heteroatoms. The van der Waals surface area contributed by atoms with E-state index in [1.807, 2.05) is 27.7 Å². The first-order valence-corrected chi connectivity index (χ1v) is 8.86. The third-order valence-corrected chi connectivity index (χ3v) is 4.63. The van der Waals surface area contributed by atoms with Crippen molar-refractivity contribution >= 4 is 0 Å². The lowest BCUT2D eigenvalue weighted by molar-refractivity contribution is 0.158. The zero-order valence-electron chi connectivity index (χ0n) is 15.9. The van der Waals surface area contributed by atoms with Gasteiger partial charge < -0.3 is 10.2 Å². The van der Waals surface area contributed by atoms with Gasteiger partial charge in [0, 0.05) is 13.2 Å². The second-order valence-corrected chi connectivity index (χ2v) is 8.61. The second-order valence-electron chi connectivity index (χ2n) is 8.61. The Morgan fingerprint density at radius 2 is 1.04 bits per heavy atom. The Labute approximate surface area is 154 Å². The van der Waals surface area contributed by atoms with Crippen LogP contribution in [0.25, 0.3) is 11.1 Å². The normalized spacial score (nSPS) is 12.5. The highest BCUT2D eigenvalue weighted by atomic mass is 19.1. The van der Waals surface area contributed by atoms with Crippen LogP contribution in [0.15, 0.2) is 36.4 Å². The zero-order chi connectivity index (χ0) is 19.5. The lowest BCUT2D eigenvalue weighted by atomic mass is 9.85. The third kappa shape index (κ3) is 5.12. The number of halogens is 2. The summed E-state index contributed by atoms with van der Waals surface area (Å²) in [6, 6.07) is 9.77. The predicted molar refractivity (Wildman–Crippen MR) is 101 cm³/mol. The molecule has 0 saturated heterocycles. The summed E-state index contributed by atoms with van der Waals surface area (Å²) < 4.78 is 28.9. The summed E-state index contributed by atoms with van der Waals surface area (Å²) in [5.41, 5.74) is 1.51. The van der Waals surface area contributed by atoms with Gasteiger partial charge >= 0.3 is 0 Å². The van der Waals surface area contributed by atoms with E-state index in [0.29, 0.717) is 35.1 Å². The van der Waals surface area contributed by atoms with Gasteiger partial charge in [0.1, 0.15) is 11.6 Å². The molecule has 0 aliphatic rings. The maximum Gasteiger partial charge on any atom is 0.127 e. The highest BCUT2D eigenvalue weighted by Crippen LogP contribution is 2.29. The molecule has 2 rings (SSSR count). The Morgan fingerprint density at radius 3 is 1.31 bits per heavy atom. The summed E-state index contributed by atoms with van der Waals surface area (Å²) in [7, 11) is 0. The summed E-state index contributed by atoms with van der Waals surface area (Å²) in [5, 5.41) is 18.7. The fraction of sp³-hybridized carbons (Fsp3) is 0.455. The average molecular weight is 362 g/mol. The van der Waals surface area contributed by atoms with Crippen molar-refractivity contribution in [3.8, 4) is 11.1 Å². The molecule has 0 aliphatic carbocycles. The fourth-order valence-corrected chi connectivity index (χ4v) is 2.88. The molecule has 2 aromatic rings. The van der Waals surface area contributed by atoms with Crippen molar-refractivity contribution in [2.45, 2.75) is 40.5 Å². The maximum atomic E-state index is 14.4. The first kappa shape index (κ1) is 20.5. The molecule has 0 spiro atoms. The molecule has 2 nitrogen and oxygen atoms in total. The van der Waals surface area contributed by atoms with Crippen molar-refractivity contribution < 1.29 is 19.0 Å². The summed E-state index contributed by atoms with van der Waals surface area (Å²) in [5.74, 6) is -0.704. The molecule has 142 valence electrons. The first-order chi connectivity index (χ1) is 12.1. The minimum Gasteiger partial charge on any atom is -0.396 e. The molecule has 0 aromatic heterocycles. The van der Waals surface area contributed by atoms with Crippen LogP contribution in [0.5, 0.6) is 0 Å². The number of benzene rings is 2. The quantitative estimate of drug-likeness (QED) is 0.746. The van der Waals surface area contributed by atoms with Gasteiger partial charge in [-0.15, -0.1) is 0 Å². The molecule has 0 radical (unpaired) electrons. The molecule has 2 N–H and O–H groups in total. The lowest BCUT2D eigenvalue weighted by Crippen LogP contribution is -2.20. The van der Waals surface area contributed by atoms with Gasteiger partial charge in [0.25, 0.3) is 0 Å². The van der Waals surface area contributed by atoms with E-state index in [4.69, 9.17) is 0 Å². The zero-order valence-corrected chi connectivity index (χ0v) is 15.9. The fourth-order valence-electron chi connectivity index (χ4n) is 2.88. The molecule has 26 heavy (non-hydrogen) atoms. The van der Waals surface area contributed by atoms with Crippen LogP contribution in [-0.4, -0.2) is 23.4 Å². The van der Waals surface area contributed by atoms with Gasteiger partial charge in [0.05, 0.1) is 0 Å². The standard InChI is InChI=1S/C22H28F2O2/c1-21(2,13-25)11-17-7-5-15(9-19(17)23)16-6-8-18(20(24)10-16)12-22(3,4)14-26/h5-10,25-26H,11-14H2,1-4H3. The molecule has 0 saturated carbocycles. The minimum absolute atomic E-state index is 0.0228. The van der Waals surface area contributed by atoms with Crippen LogP contribution in [0.1, 0.15) is 38.8 Å². The van der Waals surface area contributed by atoms with Crippen molar-refractivity contribution in [3.63, 3.8) is 0 Å². The van der Waals surface area contributed by atoms with E-state index in [-0.39, 0.29) is 24.8 Å². The Balaban J connectivity index is 2.26. The van der Waals surface area contributed by atoms with E-state index < -0.39 is 10.8 Å². The summed E-state index contributed by atoms with van der Waals surface area (Å²) in [6.45, 7) is 7.46. The van der Waals surface area contributed by atoms with Crippen LogP contribution in [-0.2, 0) is 12.8 Å². The highest BCUT2D eigenvalue weighted by Gasteiger charge is 2.21. The number of hydrogen-bond donors (Lipinski definition) is 2. The van der Waals surface area contributed by atoms with Crippen molar-refractivity contribution in [3.05, 3.63) is 59.2 Å². The molecule has 0 bridgehead atoms. The van der Waals surface area contributed by atoms with Crippen LogP contribution in [0.2, 0.25) is 0 Å². The van der Waals surface area contributed by atoms with Gasteiger partial charge in [-0.25, -0.2) is 8.78 Å². The van der Waals surface area contributed by atoms with Crippen molar-refractivity contribution in [1.29, 1.82) is 0 Å². The smallest absolute Gasteiger partial charge is 0.127 e. The molecule has 0 amide bonds. The molecule has 0 atom stereocenters. The molecular formula is C22H28F2O2. The summed E-state index contributed by atoms with van der Waals surface area (Å²) in [4.78, 5) is 0. The van der Waals surface area contributed by atoms with Gasteiger partial charge in [0.15, 0.2) is 0 Å². The molecular weight excluding hydrogens is 334 g/mol. The molecule has 0 heterocycles. The van der Waals surface area contributed by atoms with Crippen molar-refractivity contribution in [2.24, 2.45) is 10.8 Å². The van der Waals surface area contributed by atoms with Gasteiger partial charge in [-0.3, -0.25) is 0 Å². The second kappa shape index (κ2) is 7.85. The Bertz CT molecular complexity index is 701. The maximum absolute atomic E-state index is 14.4.